The van der Waals surface area contributed by atoms with E-state index in [1.54, 1.807) is 56.4 Å². The Balaban J connectivity index is 1.44. The molecule has 1 saturated heterocycles. The zero-order valence-corrected chi connectivity index (χ0v) is 19.1. The van der Waals surface area contributed by atoms with Crippen LogP contribution in [-0.4, -0.2) is 48.9 Å². The Morgan fingerprint density at radius 1 is 1.06 bits per heavy atom. The van der Waals surface area contributed by atoms with Crippen LogP contribution in [0, 0.1) is 0 Å². The summed E-state index contributed by atoms with van der Waals surface area (Å²) in [6.45, 7) is 8.45. The van der Waals surface area contributed by atoms with Crippen LogP contribution < -0.4 is 15.5 Å². The average molecular weight is 455 g/mol. The van der Waals surface area contributed by atoms with E-state index in [-0.39, 0.29) is 5.91 Å². The zero-order chi connectivity index (χ0) is 22.7. The maximum Gasteiger partial charge on any atom is 0.412 e. The first kappa shape index (κ1) is 22.0. The Hall–Kier alpha value is -3.17. The maximum absolute atomic E-state index is 12.8. The molecular weight excluding hydrogens is 428 g/mol. The van der Waals surface area contributed by atoms with E-state index in [0.29, 0.717) is 30.2 Å². The lowest BCUT2D eigenvalue weighted by molar-refractivity contribution is 0.0635. The number of anilines is 3. The summed E-state index contributed by atoms with van der Waals surface area (Å²) in [4.78, 5) is 31.7. The quantitative estimate of drug-likeness (QED) is 0.592. The van der Waals surface area contributed by atoms with Crippen LogP contribution in [0.2, 0.25) is 0 Å². The number of benzene rings is 2. The van der Waals surface area contributed by atoms with E-state index in [1.165, 1.54) is 0 Å². The van der Waals surface area contributed by atoms with Crippen LogP contribution in [0.1, 0.15) is 31.1 Å². The molecule has 0 spiro atoms. The third kappa shape index (κ3) is 5.54. The van der Waals surface area contributed by atoms with Crippen LogP contribution in [0.3, 0.4) is 0 Å². The molecule has 1 aromatic heterocycles. The summed E-state index contributed by atoms with van der Waals surface area (Å²) in [7, 11) is 0. The molecule has 2 N–H and O–H groups in total. The topological polar surface area (TPSA) is 92.8 Å². The second kappa shape index (κ2) is 9.13. The van der Waals surface area contributed by atoms with Crippen molar-refractivity contribution >= 4 is 50.1 Å². The highest BCUT2D eigenvalue weighted by Crippen LogP contribution is 2.31. The highest BCUT2D eigenvalue weighted by molar-refractivity contribution is 7.22. The van der Waals surface area contributed by atoms with Crippen molar-refractivity contribution in [2.45, 2.75) is 26.4 Å². The molecule has 8 nitrogen and oxygen atoms in total. The van der Waals surface area contributed by atoms with Crippen LogP contribution in [0.15, 0.2) is 42.5 Å². The van der Waals surface area contributed by atoms with Gasteiger partial charge in [0.1, 0.15) is 5.60 Å². The number of carbonyl (C=O) groups excluding carboxylic acids is 2. The van der Waals surface area contributed by atoms with E-state index in [1.807, 2.05) is 18.2 Å². The van der Waals surface area contributed by atoms with Gasteiger partial charge in [-0.25, -0.2) is 9.78 Å². The highest BCUT2D eigenvalue weighted by Gasteiger charge is 2.18. The predicted octanol–water partition coefficient (Wildman–Crippen LogP) is 4.73. The number of hydrogen-bond donors (Lipinski definition) is 2. The molecule has 1 aliphatic heterocycles. The van der Waals surface area contributed by atoms with E-state index in [4.69, 9.17) is 14.5 Å². The lowest BCUT2D eigenvalue weighted by Crippen LogP contribution is -2.36. The lowest BCUT2D eigenvalue weighted by Gasteiger charge is -2.25. The predicted molar refractivity (Wildman–Crippen MR) is 127 cm³/mol. The van der Waals surface area contributed by atoms with Gasteiger partial charge < -0.3 is 19.7 Å². The molecule has 0 atom stereocenters. The smallest absolute Gasteiger partial charge is 0.412 e. The summed E-state index contributed by atoms with van der Waals surface area (Å²) in [6.07, 6.45) is -0.568. The molecule has 0 unspecified atom stereocenters. The Bertz CT molecular complexity index is 1130. The first-order valence-corrected chi connectivity index (χ1v) is 11.2. The number of aromatic nitrogens is 1. The molecule has 0 bridgehead atoms. The third-order valence-electron chi connectivity index (χ3n) is 4.69. The summed E-state index contributed by atoms with van der Waals surface area (Å²) in [6, 6.07) is 12.4. The van der Waals surface area contributed by atoms with E-state index < -0.39 is 11.7 Å². The molecule has 0 radical (unpaired) electrons. The van der Waals surface area contributed by atoms with Gasteiger partial charge >= 0.3 is 6.09 Å². The Kier molecular flexibility index (Phi) is 6.29. The summed E-state index contributed by atoms with van der Waals surface area (Å²) in [5.41, 5.74) is 1.90. The van der Waals surface area contributed by atoms with Crippen LogP contribution in [0.4, 0.5) is 21.3 Å². The second-order valence-electron chi connectivity index (χ2n) is 8.44. The number of morpholine rings is 1. The number of thiazole rings is 1. The van der Waals surface area contributed by atoms with Gasteiger partial charge in [0.05, 0.1) is 23.4 Å². The number of amides is 2. The van der Waals surface area contributed by atoms with Gasteiger partial charge in [-0.15, -0.1) is 0 Å². The molecule has 32 heavy (non-hydrogen) atoms. The van der Waals surface area contributed by atoms with Crippen LogP contribution in [0.5, 0.6) is 0 Å². The van der Waals surface area contributed by atoms with Gasteiger partial charge in [0.2, 0.25) is 0 Å². The van der Waals surface area contributed by atoms with Gasteiger partial charge in [-0.3, -0.25) is 10.1 Å². The van der Waals surface area contributed by atoms with Crippen molar-refractivity contribution in [2.24, 2.45) is 0 Å². The van der Waals surface area contributed by atoms with Crippen LogP contribution in [-0.2, 0) is 9.47 Å². The van der Waals surface area contributed by atoms with Gasteiger partial charge in [-0.2, -0.15) is 0 Å². The average Bonchev–Trinajstić information content (AvgIpc) is 3.16. The minimum Gasteiger partial charge on any atom is -0.444 e. The maximum atomic E-state index is 12.8. The fourth-order valence-corrected chi connectivity index (χ4v) is 4.30. The van der Waals surface area contributed by atoms with Gasteiger partial charge in [0.25, 0.3) is 5.91 Å². The Morgan fingerprint density at radius 2 is 1.81 bits per heavy atom. The van der Waals surface area contributed by atoms with Crippen molar-refractivity contribution in [2.75, 3.05) is 41.8 Å². The van der Waals surface area contributed by atoms with Crippen molar-refractivity contribution in [3.05, 3.63) is 48.0 Å². The normalized spacial score (nSPS) is 14.3. The molecule has 0 aliphatic carbocycles. The van der Waals surface area contributed by atoms with Crippen LogP contribution in [0.25, 0.3) is 10.2 Å². The monoisotopic (exact) mass is 454 g/mol. The van der Waals surface area contributed by atoms with Gasteiger partial charge in [-0.05, 0) is 57.2 Å². The number of ether oxygens (including phenoxy) is 2. The number of hydrogen-bond acceptors (Lipinski definition) is 7. The van der Waals surface area contributed by atoms with Gasteiger partial charge in [0, 0.05) is 30.0 Å². The fraction of sp³-hybridized carbons (Fsp3) is 0.348. The largest absolute Gasteiger partial charge is 0.444 e. The Labute approximate surface area is 190 Å². The van der Waals surface area contributed by atoms with Crippen molar-refractivity contribution in [3.8, 4) is 0 Å². The van der Waals surface area contributed by atoms with E-state index in [9.17, 15) is 9.59 Å². The summed E-state index contributed by atoms with van der Waals surface area (Å²) >= 11 is 1.60. The molecule has 4 rings (SSSR count). The molecule has 2 heterocycles. The number of fused-ring (bicyclic) bond motifs is 1. The molecule has 1 aliphatic rings. The lowest BCUT2D eigenvalue weighted by atomic mass is 10.2. The van der Waals surface area contributed by atoms with E-state index in [2.05, 4.69) is 15.5 Å². The first-order chi connectivity index (χ1) is 15.3. The zero-order valence-electron chi connectivity index (χ0n) is 18.3. The van der Waals surface area contributed by atoms with E-state index >= 15 is 0 Å². The minimum absolute atomic E-state index is 0.268. The van der Waals surface area contributed by atoms with Crippen molar-refractivity contribution in [1.29, 1.82) is 0 Å². The van der Waals surface area contributed by atoms with E-state index in [0.717, 1.165) is 28.4 Å². The molecule has 9 heteroatoms. The van der Waals surface area contributed by atoms with Gasteiger partial charge in [-0.1, -0.05) is 17.4 Å². The minimum atomic E-state index is -0.601. The number of rotatable bonds is 4. The molecule has 0 saturated carbocycles. The summed E-state index contributed by atoms with van der Waals surface area (Å²) in [5.74, 6) is -0.268. The second-order valence-corrected chi connectivity index (χ2v) is 9.45. The number of carbonyl (C=O) groups is 2. The highest BCUT2D eigenvalue weighted by atomic mass is 32.1. The molecule has 2 amide bonds. The standard InChI is InChI=1S/C23H26N4O4S/c1-23(2,3)31-22(29)25-16-6-4-5-15(13-16)20(28)24-17-7-8-18-19(14-17)32-21(26-18)27-9-11-30-12-10-27/h4-8,13-14H,9-12H2,1-3H3,(H,24,28)(H,25,29). The number of nitrogens with zero attached hydrogens (tertiary/aromatic N) is 2. The third-order valence-corrected chi connectivity index (χ3v) is 5.77. The van der Waals surface area contributed by atoms with Crippen LogP contribution >= 0.6 is 11.3 Å². The summed E-state index contributed by atoms with van der Waals surface area (Å²) in [5, 5.41) is 6.54. The molecule has 2 aromatic carbocycles. The van der Waals surface area contributed by atoms with Crippen molar-refractivity contribution in [3.63, 3.8) is 0 Å². The molecular formula is C23H26N4O4S. The first-order valence-electron chi connectivity index (χ1n) is 10.4. The molecule has 3 aromatic rings. The SMILES string of the molecule is CC(C)(C)OC(=O)Nc1cccc(C(=O)Nc2ccc3nc(N4CCOCC4)sc3c2)c1. The Morgan fingerprint density at radius 3 is 2.56 bits per heavy atom. The molecule has 168 valence electrons. The van der Waals surface area contributed by atoms with Gasteiger partial charge in [0.15, 0.2) is 5.13 Å². The molecule has 1 fully saturated rings. The fourth-order valence-electron chi connectivity index (χ4n) is 3.24. The van der Waals surface area contributed by atoms with Crippen molar-refractivity contribution in [1.82, 2.24) is 4.98 Å². The number of nitrogens with one attached hydrogen (secondary N) is 2. The van der Waals surface area contributed by atoms with Crippen molar-refractivity contribution < 1.29 is 19.1 Å². The summed E-state index contributed by atoms with van der Waals surface area (Å²) < 4.78 is 11.7.